The van der Waals surface area contributed by atoms with Gasteiger partial charge in [0.25, 0.3) is 0 Å². The van der Waals surface area contributed by atoms with Crippen LogP contribution < -0.4 is 0 Å². The Balaban J connectivity index is 4.46. The minimum absolute atomic E-state index is 0.00575. The molecule has 0 saturated carbocycles. The SMILES string of the molecule is CCCCCCCCCCCCCCCCCC(=O)OCC(COP(=O)(O)OCC[N+](C)(C)C)OCC(CCC)CCCCCCC. The largest absolute Gasteiger partial charge is 0.472 e. The number of carbonyl (C=O) groups excluding carboxylic acids is 1. The topological polar surface area (TPSA) is 91.3 Å². The van der Waals surface area contributed by atoms with Gasteiger partial charge in [-0.1, -0.05) is 149 Å². The van der Waals surface area contributed by atoms with E-state index in [2.05, 4.69) is 20.8 Å². The van der Waals surface area contributed by atoms with E-state index >= 15 is 0 Å². The van der Waals surface area contributed by atoms with Crippen molar-refractivity contribution in [1.82, 2.24) is 0 Å². The monoisotopic (exact) mass is 693 g/mol. The maximum absolute atomic E-state index is 12.5. The van der Waals surface area contributed by atoms with Crippen LogP contribution in [0.3, 0.4) is 0 Å². The van der Waals surface area contributed by atoms with E-state index < -0.39 is 13.9 Å². The smallest absolute Gasteiger partial charge is 0.463 e. The lowest BCUT2D eigenvalue weighted by Crippen LogP contribution is -2.37. The van der Waals surface area contributed by atoms with Gasteiger partial charge in [-0.25, -0.2) is 4.57 Å². The zero-order valence-corrected chi connectivity index (χ0v) is 32.8. The van der Waals surface area contributed by atoms with Crippen LogP contribution in [0.4, 0.5) is 0 Å². The van der Waals surface area contributed by atoms with Gasteiger partial charge in [-0.2, -0.15) is 0 Å². The molecule has 47 heavy (non-hydrogen) atoms. The predicted molar refractivity (Wildman–Crippen MR) is 197 cm³/mol. The number of unbranched alkanes of at least 4 members (excludes halogenated alkanes) is 18. The zero-order valence-electron chi connectivity index (χ0n) is 32.0. The third kappa shape index (κ3) is 33.8. The second kappa shape index (κ2) is 31.5. The summed E-state index contributed by atoms with van der Waals surface area (Å²) in [5, 5.41) is 0. The Labute approximate surface area is 291 Å². The Hall–Kier alpha value is -0.500. The number of carbonyl (C=O) groups is 1. The molecule has 3 atom stereocenters. The number of likely N-dealkylation sites (N-methyl/N-ethyl adjacent to an activating group) is 1. The number of esters is 1. The van der Waals surface area contributed by atoms with Gasteiger partial charge in [-0.05, 0) is 25.2 Å². The lowest BCUT2D eigenvalue weighted by Gasteiger charge is -2.25. The first-order chi connectivity index (χ1) is 22.5. The molecule has 1 N–H and O–H groups in total. The van der Waals surface area contributed by atoms with Gasteiger partial charge in [0, 0.05) is 6.42 Å². The number of nitrogens with zero attached hydrogens (tertiary/aromatic N) is 1. The van der Waals surface area contributed by atoms with Crippen molar-refractivity contribution < 1.29 is 37.3 Å². The predicted octanol–water partition coefficient (Wildman–Crippen LogP) is 10.8. The fourth-order valence-corrected chi connectivity index (χ4v) is 6.46. The molecule has 0 aliphatic heterocycles. The highest BCUT2D eigenvalue weighted by Gasteiger charge is 2.26. The van der Waals surface area contributed by atoms with Gasteiger partial charge in [0.1, 0.15) is 25.9 Å². The van der Waals surface area contributed by atoms with Crippen LogP contribution in [0.2, 0.25) is 0 Å². The van der Waals surface area contributed by atoms with E-state index in [1.165, 1.54) is 109 Å². The molecule has 0 aromatic rings. The summed E-state index contributed by atoms with van der Waals surface area (Å²) in [7, 11) is 1.71. The van der Waals surface area contributed by atoms with Crippen molar-refractivity contribution in [3.8, 4) is 0 Å². The Morgan fingerprint density at radius 3 is 1.60 bits per heavy atom. The quantitative estimate of drug-likeness (QED) is 0.0302. The molecule has 0 aromatic heterocycles. The average molecular weight is 693 g/mol. The molecule has 0 bridgehead atoms. The summed E-state index contributed by atoms with van der Waals surface area (Å²) in [5.74, 6) is 0.155. The van der Waals surface area contributed by atoms with E-state index in [9.17, 15) is 14.3 Å². The van der Waals surface area contributed by atoms with Crippen LogP contribution in [0, 0.1) is 5.92 Å². The zero-order chi connectivity index (χ0) is 35.1. The lowest BCUT2D eigenvalue weighted by atomic mass is 9.97. The molecule has 282 valence electrons. The number of hydrogen-bond donors (Lipinski definition) is 1. The van der Waals surface area contributed by atoms with Crippen LogP contribution in [0.1, 0.15) is 175 Å². The van der Waals surface area contributed by atoms with Crippen LogP contribution >= 0.6 is 7.82 Å². The number of phosphoric acid groups is 1. The van der Waals surface area contributed by atoms with Crippen LogP contribution in [0.25, 0.3) is 0 Å². The number of rotatable bonds is 36. The summed E-state index contributed by atoms with van der Waals surface area (Å²) >= 11 is 0. The number of phosphoric ester groups is 1. The maximum atomic E-state index is 12.5. The van der Waals surface area contributed by atoms with Gasteiger partial charge in [-0.15, -0.1) is 0 Å². The van der Waals surface area contributed by atoms with Crippen molar-refractivity contribution in [3.05, 3.63) is 0 Å². The first kappa shape index (κ1) is 46.5. The number of quaternary nitrogens is 1. The molecule has 0 saturated heterocycles. The van der Waals surface area contributed by atoms with Gasteiger partial charge < -0.3 is 18.9 Å². The molecule has 3 unspecified atom stereocenters. The van der Waals surface area contributed by atoms with Crippen molar-refractivity contribution in [2.45, 2.75) is 181 Å². The Morgan fingerprint density at radius 1 is 0.617 bits per heavy atom. The van der Waals surface area contributed by atoms with Crippen molar-refractivity contribution >= 4 is 13.8 Å². The highest BCUT2D eigenvalue weighted by molar-refractivity contribution is 7.47. The molecule has 0 radical (unpaired) electrons. The van der Waals surface area contributed by atoms with Gasteiger partial charge >= 0.3 is 13.8 Å². The van der Waals surface area contributed by atoms with E-state index in [4.69, 9.17) is 18.5 Å². The third-order valence-corrected chi connectivity index (χ3v) is 9.82. The first-order valence-corrected chi connectivity index (χ1v) is 21.2. The van der Waals surface area contributed by atoms with Crippen LogP contribution in [-0.2, 0) is 27.9 Å². The number of hydrogen-bond acceptors (Lipinski definition) is 6. The Bertz CT molecular complexity index is 746. The van der Waals surface area contributed by atoms with Gasteiger partial charge in [0.2, 0.25) is 0 Å². The van der Waals surface area contributed by atoms with E-state index in [-0.39, 0.29) is 25.8 Å². The summed E-state index contributed by atoms with van der Waals surface area (Å²) in [5.41, 5.74) is 0. The maximum Gasteiger partial charge on any atom is 0.472 e. The van der Waals surface area contributed by atoms with Gasteiger partial charge in [0.15, 0.2) is 0 Å². The fraction of sp³-hybridized carbons (Fsp3) is 0.974. The number of ether oxygens (including phenoxy) is 2. The van der Waals surface area contributed by atoms with Crippen molar-refractivity contribution in [1.29, 1.82) is 0 Å². The van der Waals surface area contributed by atoms with E-state index in [0.29, 0.717) is 30.0 Å². The molecule has 0 fully saturated rings. The third-order valence-electron chi connectivity index (χ3n) is 8.84. The molecule has 0 amide bonds. The fourth-order valence-electron chi connectivity index (χ4n) is 5.72. The highest BCUT2D eigenvalue weighted by Crippen LogP contribution is 2.43. The molecular formula is C38H79NO7P+. The molecule has 8 nitrogen and oxygen atoms in total. The molecule has 0 aromatic carbocycles. The molecular weight excluding hydrogens is 613 g/mol. The van der Waals surface area contributed by atoms with Crippen molar-refractivity contribution in [2.24, 2.45) is 5.92 Å². The van der Waals surface area contributed by atoms with Gasteiger partial charge in [-0.3, -0.25) is 13.8 Å². The standard InChI is InChI=1S/C38H78NO7P/c1-7-10-12-14-15-16-17-18-19-20-21-22-23-25-27-30-38(40)44-34-37(35-46-47(41,42)45-32-31-39(4,5)6)43-33-36(28-9-3)29-26-24-13-11-8-2/h36-37H,7-35H2,1-6H3/p+1. The van der Waals surface area contributed by atoms with Crippen LogP contribution in [-0.4, -0.2) is 75.6 Å². The van der Waals surface area contributed by atoms with Crippen LogP contribution in [0.5, 0.6) is 0 Å². The summed E-state index contributed by atoms with van der Waals surface area (Å²) in [6.07, 6.45) is 28.4. The second-order valence-electron chi connectivity index (χ2n) is 14.8. The minimum atomic E-state index is -4.25. The Kier molecular flexibility index (Phi) is 31.1. The van der Waals surface area contributed by atoms with Crippen molar-refractivity contribution in [3.63, 3.8) is 0 Å². The summed E-state index contributed by atoms with van der Waals surface area (Å²) in [6, 6.07) is 0. The minimum Gasteiger partial charge on any atom is -0.463 e. The van der Waals surface area contributed by atoms with Crippen LogP contribution in [0.15, 0.2) is 0 Å². The summed E-state index contributed by atoms with van der Waals surface area (Å²) in [6.45, 7) is 7.71. The normalized spacial score (nSPS) is 14.6. The van der Waals surface area contributed by atoms with Crippen molar-refractivity contribution in [2.75, 3.05) is 54.1 Å². The second-order valence-corrected chi connectivity index (χ2v) is 16.3. The molecule has 9 heteroatoms. The van der Waals surface area contributed by atoms with E-state index in [1.807, 2.05) is 21.1 Å². The molecule has 0 aliphatic carbocycles. The van der Waals surface area contributed by atoms with Gasteiger partial charge in [0.05, 0.1) is 34.4 Å². The molecule has 0 rings (SSSR count). The molecule has 0 heterocycles. The lowest BCUT2D eigenvalue weighted by molar-refractivity contribution is -0.870. The summed E-state index contributed by atoms with van der Waals surface area (Å²) < 4.78 is 35.4. The average Bonchev–Trinajstić information content (AvgIpc) is 3.01. The first-order valence-electron chi connectivity index (χ1n) is 19.7. The summed E-state index contributed by atoms with van der Waals surface area (Å²) in [4.78, 5) is 22.8. The van der Waals surface area contributed by atoms with E-state index in [1.54, 1.807) is 0 Å². The Morgan fingerprint density at radius 2 is 1.11 bits per heavy atom. The molecule has 0 aliphatic rings. The van der Waals surface area contributed by atoms with E-state index in [0.717, 1.165) is 38.5 Å². The molecule has 0 spiro atoms. The highest BCUT2D eigenvalue weighted by atomic mass is 31.2.